The van der Waals surface area contributed by atoms with Crippen LogP contribution in [0.15, 0.2) is 60.9 Å². The molecule has 3 aliphatic rings. The number of nitrogens with zero attached hydrogens (tertiary/aromatic N) is 5. The number of hydrogen-bond donors (Lipinski definition) is 4. The molecule has 0 radical (unpaired) electrons. The number of aromatic amines is 1. The van der Waals surface area contributed by atoms with Crippen molar-refractivity contribution in [3.8, 4) is 28.1 Å². The molecule has 0 spiro atoms. The Bertz CT molecular complexity index is 2250. The van der Waals surface area contributed by atoms with Gasteiger partial charge >= 0.3 is 6.36 Å². The van der Waals surface area contributed by atoms with Crippen molar-refractivity contribution in [1.29, 1.82) is 0 Å². The maximum absolute atomic E-state index is 14.0. The van der Waals surface area contributed by atoms with Crippen molar-refractivity contribution < 1.29 is 46.9 Å². The van der Waals surface area contributed by atoms with E-state index < -0.39 is 23.4 Å². The van der Waals surface area contributed by atoms with E-state index in [1.807, 2.05) is 9.80 Å². The summed E-state index contributed by atoms with van der Waals surface area (Å²) in [7, 11) is 3.42. The first-order valence-corrected chi connectivity index (χ1v) is 21.2. The van der Waals surface area contributed by atoms with Crippen LogP contribution < -0.4 is 20.3 Å². The van der Waals surface area contributed by atoms with Gasteiger partial charge in [-0.2, -0.15) is 0 Å². The van der Waals surface area contributed by atoms with Gasteiger partial charge in [0.25, 0.3) is 5.91 Å². The van der Waals surface area contributed by atoms with Gasteiger partial charge in [0.15, 0.2) is 0 Å². The Kier molecular flexibility index (Phi) is 14.0. The SMILES string of the molecule is CNC(C(=O)N1CC(OC)CC1c1nc(-c2ccc(-c3cc(Cl)c(NC(=O)c4ccc(N5CCN(C(=O)C(C)(C)CO)CC5)nc4)cc3OC(F)(F)F)cc2)c[nH]1)C1CCOCC1. The van der Waals surface area contributed by atoms with Gasteiger partial charge in [0.2, 0.25) is 11.8 Å². The summed E-state index contributed by atoms with van der Waals surface area (Å²) < 4.78 is 57.0. The zero-order valence-electron chi connectivity index (χ0n) is 35.5. The van der Waals surface area contributed by atoms with Crippen LogP contribution in [-0.2, 0) is 19.1 Å². The Morgan fingerprint density at radius 3 is 2.35 bits per heavy atom. The van der Waals surface area contributed by atoms with Crippen LogP contribution >= 0.6 is 11.6 Å². The number of alkyl halides is 3. The average Bonchev–Trinajstić information content (AvgIpc) is 3.96. The molecule has 3 saturated heterocycles. The lowest BCUT2D eigenvalue weighted by Gasteiger charge is -2.38. The molecule has 19 heteroatoms. The van der Waals surface area contributed by atoms with E-state index in [0.717, 1.165) is 18.9 Å². The first-order chi connectivity index (χ1) is 30.1. The molecular weight excluding hydrogens is 845 g/mol. The molecule has 5 heterocycles. The number of likely N-dealkylation sites (tertiary alicyclic amines) is 1. The zero-order valence-corrected chi connectivity index (χ0v) is 36.3. The number of imidazole rings is 1. The van der Waals surface area contributed by atoms with Crippen molar-refractivity contribution in [3.05, 3.63) is 77.3 Å². The molecule has 2 aromatic heterocycles. The number of rotatable bonds is 13. The summed E-state index contributed by atoms with van der Waals surface area (Å²) in [5, 5.41) is 15.4. The van der Waals surface area contributed by atoms with Crippen LogP contribution in [0.3, 0.4) is 0 Å². The number of carbonyl (C=O) groups excluding carboxylic acids is 3. The van der Waals surface area contributed by atoms with Crippen molar-refractivity contribution in [2.45, 2.75) is 57.7 Å². The fourth-order valence-corrected chi connectivity index (χ4v) is 8.57. The number of ether oxygens (including phenoxy) is 3. The molecule has 7 rings (SSSR count). The summed E-state index contributed by atoms with van der Waals surface area (Å²) in [5.74, 6) is -0.0760. The Hall–Kier alpha value is -5.27. The maximum Gasteiger partial charge on any atom is 0.573 e. The topological polar surface area (TPSA) is 174 Å². The molecule has 3 atom stereocenters. The molecule has 0 bridgehead atoms. The lowest BCUT2D eigenvalue weighted by atomic mass is 9.90. The van der Waals surface area contributed by atoms with E-state index in [0.29, 0.717) is 80.8 Å². The monoisotopic (exact) mass is 896 g/mol. The molecule has 3 unspecified atom stereocenters. The van der Waals surface area contributed by atoms with Crippen molar-refractivity contribution in [2.24, 2.45) is 11.3 Å². The molecule has 63 heavy (non-hydrogen) atoms. The molecule has 3 amide bonds. The van der Waals surface area contributed by atoms with E-state index in [1.165, 1.54) is 18.3 Å². The second kappa shape index (κ2) is 19.2. The number of halogens is 4. The number of aromatic nitrogens is 3. The molecule has 15 nitrogen and oxygen atoms in total. The minimum absolute atomic E-state index is 0.0224. The summed E-state index contributed by atoms with van der Waals surface area (Å²) in [4.78, 5) is 58.0. The number of likely N-dealkylation sites (N-methyl/N-ethyl adjacent to an activating group) is 1. The number of piperazine rings is 1. The Balaban J connectivity index is 1.04. The van der Waals surface area contributed by atoms with E-state index >= 15 is 0 Å². The molecule has 338 valence electrons. The molecule has 4 aromatic rings. The van der Waals surface area contributed by atoms with Crippen molar-refractivity contribution in [2.75, 3.05) is 76.9 Å². The molecular formula is C44H52ClF3N8O7. The van der Waals surface area contributed by atoms with Gasteiger partial charge in [-0.05, 0) is 63.4 Å². The smallest absolute Gasteiger partial charge is 0.405 e. The van der Waals surface area contributed by atoms with Crippen LogP contribution in [-0.4, -0.2) is 133 Å². The lowest BCUT2D eigenvalue weighted by Crippen LogP contribution is -2.53. The normalized spacial score (nSPS) is 19.3. The number of pyridine rings is 1. The second-order valence-electron chi connectivity index (χ2n) is 16.6. The molecule has 2 aromatic carbocycles. The molecule has 0 saturated carbocycles. The van der Waals surface area contributed by atoms with Gasteiger partial charge in [0, 0.05) is 89.1 Å². The van der Waals surface area contributed by atoms with E-state index in [1.54, 1.807) is 69.4 Å². The molecule has 3 fully saturated rings. The number of anilines is 2. The van der Waals surface area contributed by atoms with Crippen LogP contribution in [0.5, 0.6) is 5.75 Å². The number of benzene rings is 2. The van der Waals surface area contributed by atoms with Gasteiger partial charge < -0.3 is 49.6 Å². The van der Waals surface area contributed by atoms with Crippen LogP contribution in [0.4, 0.5) is 24.7 Å². The number of H-pyrrole nitrogens is 1. The minimum atomic E-state index is -5.06. The van der Waals surface area contributed by atoms with Crippen molar-refractivity contribution >= 4 is 40.8 Å². The maximum atomic E-state index is 14.0. The predicted octanol–water partition coefficient (Wildman–Crippen LogP) is 5.91. The Labute approximate surface area is 368 Å². The minimum Gasteiger partial charge on any atom is -0.405 e. The number of carbonyl (C=O) groups is 3. The number of aliphatic hydroxyl groups is 1. The number of methoxy groups -OCH3 is 1. The average molecular weight is 897 g/mol. The molecule has 4 N–H and O–H groups in total. The van der Waals surface area contributed by atoms with Crippen LogP contribution in [0.25, 0.3) is 22.4 Å². The van der Waals surface area contributed by atoms with Crippen LogP contribution in [0.2, 0.25) is 5.02 Å². The lowest BCUT2D eigenvalue weighted by molar-refractivity contribution is -0.274. The molecule has 3 aliphatic heterocycles. The van der Waals surface area contributed by atoms with Crippen molar-refractivity contribution in [1.82, 2.24) is 30.1 Å². The predicted molar refractivity (Wildman–Crippen MR) is 229 cm³/mol. The third-order valence-electron chi connectivity index (χ3n) is 12.0. The summed E-state index contributed by atoms with van der Waals surface area (Å²) in [6, 6.07) is 11.4. The highest BCUT2D eigenvalue weighted by Crippen LogP contribution is 2.41. The first kappa shape index (κ1) is 45.7. The van der Waals surface area contributed by atoms with E-state index in [2.05, 4.69) is 25.3 Å². The third kappa shape index (κ3) is 10.4. The van der Waals surface area contributed by atoms with Crippen LogP contribution in [0.1, 0.15) is 55.3 Å². The van der Waals surface area contributed by atoms with Crippen molar-refractivity contribution in [3.63, 3.8) is 0 Å². The number of amides is 3. The van der Waals surface area contributed by atoms with Gasteiger partial charge in [-0.1, -0.05) is 35.9 Å². The zero-order chi connectivity index (χ0) is 45.1. The summed E-state index contributed by atoms with van der Waals surface area (Å²) in [5.41, 5.74) is 0.785. The standard InChI is InChI=1S/C44H52ClF3N8O7/c1-43(2,25-57)42(60)55-15-13-54(14-16-55)37-10-9-29(22-50-37)40(58)53-33-21-36(63-44(46,47)48)31(20-32(33)45)26-5-7-27(8-6-26)34-23-51-39(52-34)35-19-30(61-4)24-56(35)41(59)38(49-3)28-11-17-62-18-12-28/h5-10,20-23,28,30,35,38,49,57H,11-19,24-25H2,1-4H3,(H,51,52)(H,53,58). The summed E-state index contributed by atoms with van der Waals surface area (Å²) in [6.45, 7) is 6.64. The van der Waals surface area contributed by atoms with Gasteiger partial charge in [0.1, 0.15) is 17.4 Å². The number of nitrogens with one attached hydrogen (secondary N) is 3. The van der Waals surface area contributed by atoms with Gasteiger partial charge in [-0.25, -0.2) is 9.97 Å². The summed E-state index contributed by atoms with van der Waals surface area (Å²) >= 11 is 6.60. The van der Waals surface area contributed by atoms with Gasteiger partial charge in [0.05, 0.1) is 52.2 Å². The fraction of sp³-hybridized carbons (Fsp3) is 0.477. The molecule has 0 aliphatic carbocycles. The van der Waals surface area contributed by atoms with Crippen LogP contribution in [0, 0.1) is 11.3 Å². The van der Waals surface area contributed by atoms with Gasteiger partial charge in [-0.15, -0.1) is 13.2 Å². The Morgan fingerprint density at radius 2 is 1.73 bits per heavy atom. The quantitative estimate of drug-likeness (QED) is 0.126. The Morgan fingerprint density at radius 1 is 1.03 bits per heavy atom. The van der Waals surface area contributed by atoms with E-state index in [9.17, 15) is 32.7 Å². The highest BCUT2D eigenvalue weighted by Gasteiger charge is 2.42. The summed E-state index contributed by atoms with van der Waals surface area (Å²) in [6.07, 6.45) is -0.0321. The van der Waals surface area contributed by atoms with E-state index in [-0.39, 0.29) is 64.4 Å². The second-order valence-corrected chi connectivity index (χ2v) is 17.0. The number of hydrogen-bond acceptors (Lipinski definition) is 11. The highest BCUT2D eigenvalue weighted by atomic mass is 35.5. The van der Waals surface area contributed by atoms with E-state index in [4.69, 9.17) is 26.1 Å². The first-order valence-electron chi connectivity index (χ1n) is 20.9. The number of aliphatic hydroxyl groups excluding tert-OH is 1. The fourth-order valence-electron chi connectivity index (χ4n) is 8.36. The van der Waals surface area contributed by atoms with Gasteiger partial charge in [-0.3, -0.25) is 14.4 Å². The highest BCUT2D eigenvalue weighted by molar-refractivity contribution is 6.34. The largest absolute Gasteiger partial charge is 0.573 e. The third-order valence-corrected chi connectivity index (χ3v) is 12.3.